The molecular formula is C33H38F2N4O3. The molecule has 0 saturated heterocycles. The second-order valence-electron chi connectivity index (χ2n) is 10.7. The molecule has 4 rings (SSSR count). The van der Waals surface area contributed by atoms with Gasteiger partial charge in [0.1, 0.15) is 17.7 Å². The molecule has 0 spiro atoms. The third-order valence-electron chi connectivity index (χ3n) is 8.03. The number of urea groups is 1. The zero-order valence-corrected chi connectivity index (χ0v) is 24.1. The summed E-state index contributed by atoms with van der Waals surface area (Å²) in [5.41, 5.74) is 8.52. The van der Waals surface area contributed by atoms with Crippen LogP contribution in [0.4, 0.5) is 19.3 Å². The van der Waals surface area contributed by atoms with Crippen molar-refractivity contribution in [3.05, 3.63) is 101 Å². The Hall–Kier alpha value is -4.27. The number of hydrogen-bond donors (Lipinski definition) is 2. The summed E-state index contributed by atoms with van der Waals surface area (Å²) in [4.78, 5) is 42.3. The lowest BCUT2D eigenvalue weighted by molar-refractivity contribution is -0.131. The number of nitrogens with two attached hydrogens (primary N) is 1. The van der Waals surface area contributed by atoms with Crippen LogP contribution in [0.25, 0.3) is 0 Å². The van der Waals surface area contributed by atoms with Crippen LogP contribution in [0.2, 0.25) is 0 Å². The maximum absolute atomic E-state index is 13.6. The first-order chi connectivity index (χ1) is 20.2. The number of halogens is 2. The Labute approximate surface area is 245 Å². The molecule has 1 saturated carbocycles. The van der Waals surface area contributed by atoms with Crippen LogP contribution in [0, 0.1) is 17.6 Å². The fourth-order valence-electron chi connectivity index (χ4n) is 5.67. The molecule has 1 fully saturated rings. The van der Waals surface area contributed by atoms with Gasteiger partial charge in [-0.1, -0.05) is 49.2 Å². The van der Waals surface area contributed by atoms with Crippen molar-refractivity contribution in [2.75, 3.05) is 18.0 Å². The number of benzene rings is 3. The van der Waals surface area contributed by atoms with Gasteiger partial charge in [-0.2, -0.15) is 0 Å². The summed E-state index contributed by atoms with van der Waals surface area (Å²) in [6, 6.07) is 17.9. The van der Waals surface area contributed by atoms with Crippen LogP contribution >= 0.6 is 0 Å². The highest BCUT2D eigenvalue weighted by Gasteiger charge is 2.34. The van der Waals surface area contributed by atoms with E-state index in [-0.39, 0.29) is 29.6 Å². The summed E-state index contributed by atoms with van der Waals surface area (Å²) in [6.07, 6.45) is 3.36. The van der Waals surface area contributed by atoms with Gasteiger partial charge < -0.3 is 16.0 Å². The van der Waals surface area contributed by atoms with E-state index in [0.717, 1.165) is 30.4 Å². The molecule has 3 aromatic rings. The number of nitrogens with zero attached hydrogens (tertiary/aromatic N) is 2. The predicted molar refractivity (Wildman–Crippen MR) is 159 cm³/mol. The normalized spacial score (nSPS) is 17.2. The van der Waals surface area contributed by atoms with Gasteiger partial charge in [-0.25, -0.2) is 13.6 Å². The van der Waals surface area contributed by atoms with E-state index in [9.17, 15) is 23.2 Å². The molecular weight excluding hydrogens is 538 g/mol. The van der Waals surface area contributed by atoms with Crippen molar-refractivity contribution in [1.29, 1.82) is 0 Å². The average Bonchev–Trinajstić information content (AvgIpc) is 3.00. The summed E-state index contributed by atoms with van der Waals surface area (Å²) in [6.45, 7) is 5.24. The van der Waals surface area contributed by atoms with Crippen molar-refractivity contribution in [2.45, 2.75) is 58.0 Å². The minimum absolute atomic E-state index is 0.0555. The van der Waals surface area contributed by atoms with Crippen molar-refractivity contribution >= 4 is 23.5 Å². The lowest BCUT2D eigenvalue weighted by Crippen LogP contribution is -2.43. The van der Waals surface area contributed by atoms with E-state index in [0.29, 0.717) is 37.3 Å². The van der Waals surface area contributed by atoms with Crippen LogP contribution in [0.5, 0.6) is 0 Å². The summed E-state index contributed by atoms with van der Waals surface area (Å²) in [5.74, 6) is -2.20. The predicted octanol–water partition coefficient (Wildman–Crippen LogP) is 6.05. The number of nitrogens with one attached hydrogen (secondary N) is 1. The number of anilines is 1. The van der Waals surface area contributed by atoms with E-state index in [1.54, 1.807) is 21.9 Å². The largest absolute Gasteiger partial charge is 0.368 e. The van der Waals surface area contributed by atoms with Gasteiger partial charge in [-0.15, -0.1) is 0 Å². The van der Waals surface area contributed by atoms with Gasteiger partial charge in [-0.3, -0.25) is 14.5 Å². The summed E-state index contributed by atoms with van der Waals surface area (Å²) in [7, 11) is 0. The van der Waals surface area contributed by atoms with Crippen LogP contribution in [0.1, 0.15) is 68.2 Å². The van der Waals surface area contributed by atoms with Crippen LogP contribution in [-0.4, -0.2) is 35.8 Å². The molecule has 0 aliphatic heterocycles. The number of hydrogen-bond acceptors (Lipinski definition) is 3. The molecule has 4 amide bonds. The number of rotatable bonds is 10. The van der Waals surface area contributed by atoms with Crippen molar-refractivity contribution in [3.8, 4) is 0 Å². The lowest BCUT2D eigenvalue weighted by Gasteiger charge is -2.32. The quantitative estimate of drug-likeness (QED) is 0.308. The third kappa shape index (κ3) is 7.32. The van der Waals surface area contributed by atoms with Crippen LogP contribution in [0.15, 0.2) is 72.8 Å². The number of amides is 4. The van der Waals surface area contributed by atoms with Crippen molar-refractivity contribution in [3.63, 3.8) is 0 Å². The molecule has 7 nitrogen and oxygen atoms in total. The highest BCUT2D eigenvalue weighted by Crippen LogP contribution is 2.38. The third-order valence-corrected chi connectivity index (χ3v) is 8.03. The lowest BCUT2D eigenvalue weighted by atomic mass is 9.74. The molecule has 1 aliphatic rings. The first kappa shape index (κ1) is 30.7. The van der Waals surface area contributed by atoms with Crippen molar-refractivity contribution in [1.82, 2.24) is 10.2 Å². The first-order valence-corrected chi connectivity index (χ1v) is 14.5. The second kappa shape index (κ2) is 14.1. The van der Waals surface area contributed by atoms with Gasteiger partial charge in [-0.05, 0) is 85.7 Å². The van der Waals surface area contributed by atoms with Gasteiger partial charge >= 0.3 is 6.03 Å². The van der Waals surface area contributed by atoms with Crippen LogP contribution in [0.3, 0.4) is 0 Å². The number of primary amides is 1. The zero-order valence-electron chi connectivity index (χ0n) is 24.1. The van der Waals surface area contributed by atoms with Gasteiger partial charge in [0.05, 0.1) is 6.54 Å². The van der Waals surface area contributed by atoms with E-state index in [1.165, 1.54) is 36.4 Å². The van der Waals surface area contributed by atoms with Gasteiger partial charge in [0.15, 0.2) is 0 Å². The van der Waals surface area contributed by atoms with Crippen molar-refractivity contribution < 1.29 is 23.2 Å². The smallest absolute Gasteiger partial charge is 0.324 e. The van der Waals surface area contributed by atoms with Gasteiger partial charge in [0.2, 0.25) is 11.8 Å². The second-order valence-corrected chi connectivity index (χ2v) is 10.7. The molecule has 3 aromatic carbocycles. The zero-order chi connectivity index (χ0) is 30.2. The Kier molecular flexibility index (Phi) is 10.3. The number of carbonyl (C=O) groups is 3. The van der Waals surface area contributed by atoms with E-state index in [2.05, 4.69) is 5.32 Å². The average molecular weight is 577 g/mol. The molecule has 0 radical (unpaired) electrons. The van der Waals surface area contributed by atoms with E-state index >= 15 is 0 Å². The molecule has 222 valence electrons. The Balaban J connectivity index is 1.52. The fraction of sp³-hybridized carbons (Fsp3) is 0.364. The molecule has 3 N–H and O–H groups in total. The maximum Gasteiger partial charge on any atom is 0.324 e. The number of carbonyl (C=O) groups excluding carboxylic acids is 3. The standard InChI is InChI=1S/C33H38F2N4O3/c1-3-38(4-2)33(42)39(27-19-17-26(35)18-20-27)21-22-9-11-23(12-10-22)28-7-5-6-8-29(28)32(41)37-30(31(36)40)24-13-15-25(34)16-14-24/h9-20,28-30H,3-8,21H2,1-2H3,(H2,36,40)(H,37,41). The Morgan fingerprint density at radius 3 is 2.00 bits per heavy atom. The molecule has 1 aliphatic carbocycles. The minimum atomic E-state index is -1.05. The van der Waals surface area contributed by atoms with Gasteiger partial charge in [0.25, 0.3) is 0 Å². The molecule has 0 aromatic heterocycles. The van der Waals surface area contributed by atoms with Gasteiger partial charge in [0, 0.05) is 24.7 Å². The molecule has 9 heteroatoms. The Bertz CT molecular complexity index is 1360. The molecule has 3 atom stereocenters. The van der Waals surface area contributed by atoms with Crippen LogP contribution < -0.4 is 16.0 Å². The first-order valence-electron chi connectivity index (χ1n) is 14.5. The topological polar surface area (TPSA) is 95.7 Å². The highest BCUT2D eigenvalue weighted by atomic mass is 19.1. The van der Waals surface area contributed by atoms with Crippen LogP contribution in [-0.2, 0) is 16.1 Å². The SMILES string of the molecule is CCN(CC)C(=O)N(Cc1ccc(C2CCCCC2C(=O)NC(C(N)=O)c2ccc(F)cc2)cc1)c1ccc(F)cc1. The Morgan fingerprint density at radius 2 is 1.43 bits per heavy atom. The fourth-order valence-corrected chi connectivity index (χ4v) is 5.67. The maximum atomic E-state index is 13.6. The minimum Gasteiger partial charge on any atom is -0.368 e. The van der Waals surface area contributed by atoms with Crippen molar-refractivity contribution in [2.24, 2.45) is 11.7 Å². The summed E-state index contributed by atoms with van der Waals surface area (Å²) in [5, 5.41) is 2.80. The molecule has 0 bridgehead atoms. The molecule has 0 heterocycles. The molecule has 3 unspecified atom stereocenters. The van der Waals surface area contributed by atoms with E-state index < -0.39 is 17.8 Å². The summed E-state index contributed by atoms with van der Waals surface area (Å²) >= 11 is 0. The van der Waals surface area contributed by atoms with E-state index in [4.69, 9.17) is 5.73 Å². The Morgan fingerprint density at radius 1 is 0.857 bits per heavy atom. The molecule has 42 heavy (non-hydrogen) atoms. The summed E-state index contributed by atoms with van der Waals surface area (Å²) < 4.78 is 27.0. The monoisotopic (exact) mass is 576 g/mol. The van der Waals surface area contributed by atoms with E-state index in [1.807, 2.05) is 38.1 Å². The highest BCUT2D eigenvalue weighted by molar-refractivity contribution is 5.92.